The summed E-state index contributed by atoms with van der Waals surface area (Å²) in [5, 5.41) is 2.33. The molecule has 1 aliphatic rings. The van der Waals surface area contributed by atoms with Crippen LogP contribution in [-0.4, -0.2) is 38.9 Å². The number of benzene rings is 2. The van der Waals surface area contributed by atoms with Gasteiger partial charge in [-0.15, -0.1) is 11.3 Å². The molecule has 0 aliphatic carbocycles. The van der Waals surface area contributed by atoms with Crippen molar-refractivity contribution in [2.75, 3.05) is 25.1 Å². The van der Waals surface area contributed by atoms with E-state index in [9.17, 15) is 12.8 Å². The Bertz CT molecular complexity index is 1180. The fraction of sp³-hybridized carbons (Fsp3) is 0.318. The van der Waals surface area contributed by atoms with Crippen molar-refractivity contribution in [2.45, 2.75) is 29.4 Å². The highest BCUT2D eigenvalue weighted by Crippen LogP contribution is 2.32. The molecule has 31 heavy (non-hydrogen) atoms. The van der Waals surface area contributed by atoms with Crippen LogP contribution >= 0.6 is 22.9 Å². The quantitative estimate of drug-likeness (QED) is 0.466. The maximum Gasteiger partial charge on any atom is 0.185 e. The van der Waals surface area contributed by atoms with Gasteiger partial charge in [-0.05, 0) is 48.7 Å². The summed E-state index contributed by atoms with van der Waals surface area (Å²) in [6.07, 6.45) is 1.66. The molecule has 0 saturated carbocycles. The van der Waals surface area contributed by atoms with Gasteiger partial charge in [0.1, 0.15) is 11.6 Å². The van der Waals surface area contributed by atoms with Gasteiger partial charge in [0.15, 0.2) is 15.0 Å². The third-order valence-corrected chi connectivity index (χ3v) is 9.10. The molecule has 5 nitrogen and oxygen atoms in total. The first kappa shape index (κ1) is 22.0. The highest BCUT2D eigenvalue weighted by atomic mass is 35.5. The number of anilines is 1. The Balaban J connectivity index is 1.41. The maximum absolute atomic E-state index is 13.3. The third kappa shape index (κ3) is 4.86. The molecule has 0 unspecified atom stereocenters. The topological polar surface area (TPSA) is 59.5 Å². The van der Waals surface area contributed by atoms with Gasteiger partial charge in [-0.1, -0.05) is 23.7 Å². The summed E-state index contributed by atoms with van der Waals surface area (Å²) >= 11 is 7.57. The van der Waals surface area contributed by atoms with Crippen LogP contribution in [0, 0.1) is 5.82 Å². The Morgan fingerprint density at radius 3 is 2.71 bits per heavy atom. The van der Waals surface area contributed by atoms with Gasteiger partial charge in [0.05, 0.1) is 28.0 Å². The van der Waals surface area contributed by atoms with Crippen molar-refractivity contribution in [3.05, 3.63) is 69.9 Å². The number of rotatable bonds is 6. The Labute approximate surface area is 190 Å². The van der Waals surface area contributed by atoms with Crippen LogP contribution in [0.3, 0.4) is 0 Å². The molecule has 1 aliphatic heterocycles. The number of ether oxygens (including phenoxy) is 1. The second-order valence-electron chi connectivity index (χ2n) is 7.46. The Morgan fingerprint density at radius 2 is 2.00 bits per heavy atom. The number of nitrogens with zero attached hydrogens (tertiary/aromatic N) is 2. The molecule has 0 bridgehead atoms. The zero-order chi connectivity index (χ0) is 22.0. The minimum atomic E-state index is -3.61. The van der Waals surface area contributed by atoms with Crippen molar-refractivity contribution < 1.29 is 17.5 Å². The largest absolute Gasteiger partial charge is 0.497 e. The standard InChI is InChI=1S/C22H22ClFN2O3S2/c1-29-18-4-2-3-15(12-18)11-17-14-30-22(25-17)26-9-7-19(8-10-26)31(27,28)21-6-5-16(24)13-20(21)23/h2-6,12-14,19H,7-11H2,1H3. The van der Waals surface area contributed by atoms with Gasteiger partial charge in [-0.2, -0.15) is 0 Å². The molecule has 0 N–H and O–H groups in total. The smallest absolute Gasteiger partial charge is 0.185 e. The van der Waals surface area contributed by atoms with Crippen LogP contribution in [0.25, 0.3) is 0 Å². The average Bonchev–Trinajstić information content (AvgIpc) is 3.22. The van der Waals surface area contributed by atoms with Crippen LogP contribution in [0.2, 0.25) is 5.02 Å². The maximum atomic E-state index is 13.3. The molecule has 0 amide bonds. The van der Waals surface area contributed by atoms with E-state index >= 15 is 0 Å². The number of sulfone groups is 1. The lowest BCUT2D eigenvalue weighted by atomic mass is 10.1. The van der Waals surface area contributed by atoms with Crippen molar-refractivity contribution in [3.8, 4) is 5.75 Å². The first-order chi connectivity index (χ1) is 14.9. The number of methoxy groups -OCH3 is 1. The summed E-state index contributed by atoms with van der Waals surface area (Å²) < 4.78 is 44.5. The number of thiazole rings is 1. The lowest BCUT2D eigenvalue weighted by Crippen LogP contribution is -2.39. The van der Waals surface area contributed by atoms with Crippen molar-refractivity contribution in [3.63, 3.8) is 0 Å². The molecule has 1 saturated heterocycles. The molecule has 4 rings (SSSR count). The van der Waals surface area contributed by atoms with Gasteiger partial charge < -0.3 is 9.64 Å². The summed E-state index contributed by atoms with van der Waals surface area (Å²) in [6, 6.07) is 11.3. The molecule has 2 heterocycles. The van der Waals surface area contributed by atoms with Crippen molar-refractivity contribution >= 4 is 37.9 Å². The van der Waals surface area contributed by atoms with Crippen LogP contribution < -0.4 is 9.64 Å². The second kappa shape index (κ2) is 9.14. The van der Waals surface area contributed by atoms with Crippen molar-refractivity contribution in [1.29, 1.82) is 0 Å². The zero-order valence-corrected chi connectivity index (χ0v) is 19.3. The van der Waals surface area contributed by atoms with Crippen LogP contribution in [-0.2, 0) is 16.3 Å². The first-order valence-corrected chi connectivity index (χ1v) is 12.7. The van der Waals surface area contributed by atoms with Crippen LogP contribution in [0.15, 0.2) is 52.7 Å². The van der Waals surface area contributed by atoms with E-state index in [1.165, 1.54) is 6.07 Å². The molecule has 9 heteroatoms. The summed E-state index contributed by atoms with van der Waals surface area (Å²) in [7, 11) is -1.96. The fourth-order valence-electron chi connectivity index (χ4n) is 3.76. The lowest BCUT2D eigenvalue weighted by Gasteiger charge is -2.31. The van der Waals surface area contributed by atoms with E-state index in [2.05, 4.69) is 4.90 Å². The minimum Gasteiger partial charge on any atom is -0.497 e. The summed E-state index contributed by atoms with van der Waals surface area (Å²) in [5.41, 5.74) is 2.10. The van der Waals surface area contributed by atoms with Crippen molar-refractivity contribution in [2.24, 2.45) is 0 Å². The highest BCUT2D eigenvalue weighted by Gasteiger charge is 2.33. The van der Waals surface area contributed by atoms with Gasteiger partial charge in [0.2, 0.25) is 0 Å². The van der Waals surface area contributed by atoms with Crippen LogP contribution in [0.1, 0.15) is 24.1 Å². The molecular weight excluding hydrogens is 459 g/mol. The predicted molar refractivity (Wildman–Crippen MR) is 122 cm³/mol. The lowest BCUT2D eigenvalue weighted by molar-refractivity contribution is 0.414. The van der Waals surface area contributed by atoms with Gasteiger partial charge in [-0.25, -0.2) is 17.8 Å². The van der Waals surface area contributed by atoms with E-state index < -0.39 is 20.9 Å². The molecule has 1 fully saturated rings. The highest BCUT2D eigenvalue weighted by molar-refractivity contribution is 7.92. The van der Waals surface area contributed by atoms with Gasteiger partial charge in [0.25, 0.3) is 0 Å². The molecule has 3 aromatic rings. The Morgan fingerprint density at radius 1 is 1.23 bits per heavy atom. The molecule has 0 radical (unpaired) electrons. The normalized spacial score (nSPS) is 15.3. The van der Waals surface area contributed by atoms with E-state index in [0.29, 0.717) is 32.4 Å². The van der Waals surface area contributed by atoms with E-state index in [1.807, 2.05) is 29.6 Å². The third-order valence-electron chi connectivity index (χ3n) is 5.41. The number of hydrogen-bond donors (Lipinski definition) is 0. The Hall–Kier alpha value is -2.16. The summed E-state index contributed by atoms with van der Waals surface area (Å²) in [4.78, 5) is 6.87. The summed E-state index contributed by atoms with van der Waals surface area (Å²) in [6.45, 7) is 1.18. The molecule has 0 atom stereocenters. The van der Waals surface area contributed by atoms with Crippen molar-refractivity contribution in [1.82, 2.24) is 4.98 Å². The monoisotopic (exact) mass is 480 g/mol. The van der Waals surface area contributed by atoms with Gasteiger partial charge >= 0.3 is 0 Å². The summed E-state index contributed by atoms with van der Waals surface area (Å²) in [5.74, 6) is 0.268. The molecule has 1 aromatic heterocycles. The number of hydrogen-bond acceptors (Lipinski definition) is 6. The zero-order valence-electron chi connectivity index (χ0n) is 16.9. The fourth-order valence-corrected chi connectivity index (χ4v) is 6.91. The minimum absolute atomic E-state index is 0.00356. The van der Waals surface area contributed by atoms with Gasteiger partial charge in [0, 0.05) is 24.9 Å². The number of halogens is 2. The molecule has 0 spiro atoms. The van der Waals surface area contributed by atoms with E-state index in [4.69, 9.17) is 21.3 Å². The van der Waals surface area contributed by atoms with Crippen LogP contribution in [0.5, 0.6) is 5.75 Å². The average molecular weight is 481 g/mol. The molecular formula is C22H22ClFN2O3S2. The second-order valence-corrected chi connectivity index (χ2v) is 10.9. The van der Waals surface area contributed by atoms with Gasteiger partial charge in [-0.3, -0.25) is 0 Å². The first-order valence-electron chi connectivity index (χ1n) is 9.88. The van der Waals surface area contributed by atoms with E-state index in [-0.39, 0.29) is 9.92 Å². The van der Waals surface area contributed by atoms with E-state index in [0.717, 1.165) is 34.3 Å². The molecule has 2 aromatic carbocycles. The van der Waals surface area contributed by atoms with Crippen LogP contribution in [0.4, 0.5) is 9.52 Å². The SMILES string of the molecule is COc1cccc(Cc2csc(N3CCC(S(=O)(=O)c4ccc(F)cc4Cl)CC3)n2)c1. The predicted octanol–water partition coefficient (Wildman–Crippen LogP) is 4.98. The molecule has 164 valence electrons. The number of piperidine rings is 1. The van der Waals surface area contributed by atoms with E-state index in [1.54, 1.807) is 18.4 Å². The number of aromatic nitrogens is 1. The Kier molecular flexibility index (Phi) is 6.50.